The average molecular weight is 545 g/mol. The van der Waals surface area contributed by atoms with Crippen molar-refractivity contribution in [2.24, 2.45) is 0 Å². The zero-order valence-electron chi connectivity index (χ0n) is 22.1. The lowest BCUT2D eigenvalue weighted by Gasteiger charge is -2.31. The van der Waals surface area contributed by atoms with Crippen LogP contribution < -0.4 is 19.5 Å². The fraction of sp³-hybridized carbons (Fsp3) is 0.444. The van der Waals surface area contributed by atoms with Crippen molar-refractivity contribution in [3.8, 4) is 17.2 Å². The molecule has 0 bridgehead atoms. The van der Waals surface area contributed by atoms with Crippen LogP contribution in [-0.2, 0) is 6.54 Å². The van der Waals surface area contributed by atoms with Crippen molar-refractivity contribution >= 4 is 22.5 Å². The van der Waals surface area contributed by atoms with Crippen LogP contribution in [0.15, 0.2) is 36.4 Å². The van der Waals surface area contributed by atoms with E-state index in [1.807, 2.05) is 41.3 Å². The maximum Gasteiger partial charge on any atom is 0.390 e. The van der Waals surface area contributed by atoms with Crippen molar-refractivity contribution < 1.29 is 27.4 Å². The molecular weight excluding hydrogens is 513 g/mol. The van der Waals surface area contributed by atoms with Gasteiger partial charge in [0.15, 0.2) is 11.5 Å². The first-order chi connectivity index (χ1) is 18.8. The van der Waals surface area contributed by atoms with Crippen molar-refractivity contribution in [1.82, 2.24) is 24.5 Å². The maximum atomic E-state index is 12.8. The number of nitrogens with zero attached hydrogens (tertiary/aromatic N) is 5. The summed E-state index contributed by atoms with van der Waals surface area (Å²) >= 11 is 0. The quantitative estimate of drug-likeness (QED) is 0.314. The van der Waals surface area contributed by atoms with E-state index in [1.54, 1.807) is 25.8 Å². The van der Waals surface area contributed by atoms with Gasteiger partial charge in [-0.3, -0.25) is 0 Å². The second-order valence-corrected chi connectivity index (χ2v) is 9.53. The number of halogens is 3. The summed E-state index contributed by atoms with van der Waals surface area (Å²) in [6.07, 6.45) is -3.41. The molecule has 3 heterocycles. The summed E-state index contributed by atoms with van der Waals surface area (Å²) in [4.78, 5) is 11.6. The molecule has 1 atom stereocenters. The fourth-order valence-electron chi connectivity index (χ4n) is 5.00. The number of aromatic nitrogens is 4. The van der Waals surface area contributed by atoms with Gasteiger partial charge in [0.25, 0.3) is 0 Å². The van der Waals surface area contributed by atoms with E-state index in [1.165, 1.54) is 0 Å². The SMILES string of the molecule is COc1ccc(CNc2nc3c(OC)cccc3c3nc([C@@H]4CCCN(CCC(F)(F)F)C4)nn23)c(OC)c1. The number of hydrogen-bond donors (Lipinski definition) is 1. The van der Waals surface area contributed by atoms with Gasteiger partial charge in [0.05, 0.1) is 27.8 Å². The minimum absolute atomic E-state index is 0.0223. The lowest BCUT2D eigenvalue weighted by molar-refractivity contribution is -0.138. The monoisotopic (exact) mass is 544 g/mol. The highest BCUT2D eigenvalue weighted by molar-refractivity contribution is 5.96. The molecule has 4 aromatic rings. The number of para-hydroxylation sites is 1. The minimum Gasteiger partial charge on any atom is -0.497 e. The van der Waals surface area contributed by atoms with Crippen molar-refractivity contribution in [3.63, 3.8) is 0 Å². The lowest BCUT2D eigenvalue weighted by atomic mass is 9.97. The molecule has 0 radical (unpaired) electrons. The zero-order chi connectivity index (χ0) is 27.6. The second kappa shape index (κ2) is 11.1. The predicted octanol–water partition coefficient (Wildman–Crippen LogP) is 5.05. The van der Waals surface area contributed by atoms with Crippen LogP contribution >= 0.6 is 0 Å². The Hall–Kier alpha value is -3.80. The topological polar surface area (TPSA) is 86.0 Å². The Balaban J connectivity index is 1.50. The molecule has 2 aromatic carbocycles. The van der Waals surface area contributed by atoms with Crippen LogP contribution in [0.25, 0.3) is 16.6 Å². The Kier molecular flexibility index (Phi) is 7.65. The summed E-state index contributed by atoms with van der Waals surface area (Å²) in [6, 6.07) is 11.2. The molecule has 1 aliphatic heterocycles. The molecule has 0 aliphatic carbocycles. The van der Waals surface area contributed by atoms with Gasteiger partial charge in [0, 0.05) is 42.6 Å². The van der Waals surface area contributed by atoms with Crippen molar-refractivity contribution in [3.05, 3.63) is 47.8 Å². The molecule has 0 amide bonds. The molecular formula is C27H31F3N6O3. The normalized spacial score (nSPS) is 16.5. The van der Waals surface area contributed by atoms with Gasteiger partial charge < -0.3 is 24.4 Å². The number of nitrogens with one attached hydrogen (secondary N) is 1. The summed E-state index contributed by atoms with van der Waals surface area (Å²) < 4.78 is 56.5. The third-order valence-corrected chi connectivity index (χ3v) is 7.02. The first-order valence-electron chi connectivity index (χ1n) is 12.8. The summed E-state index contributed by atoms with van der Waals surface area (Å²) in [5.74, 6) is 2.92. The number of likely N-dealkylation sites (tertiary alicyclic amines) is 1. The minimum atomic E-state index is -4.18. The van der Waals surface area contributed by atoms with Gasteiger partial charge in [-0.05, 0) is 43.7 Å². The molecule has 208 valence electrons. The molecule has 0 unspecified atom stereocenters. The summed E-state index contributed by atoms with van der Waals surface area (Å²) in [6.45, 7) is 1.48. The highest BCUT2D eigenvalue weighted by atomic mass is 19.4. The van der Waals surface area contributed by atoms with Crippen LogP contribution in [-0.4, -0.2) is 71.6 Å². The van der Waals surface area contributed by atoms with Crippen LogP contribution in [0.2, 0.25) is 0 Å². The van der Waals surface area contributed by atoms with E-state index in [2.05, 4.69) is 5.32 Å². The fourth-order valence-corrected chi connectivity index (χ4v) is 5.00. The Morgan fingerprint density at radius 3 is 2.59 bits per heavy atom. The molecule has 1 N–H and O–H groups in total. The zero-order valence-corrected chi connectivity index (χ0v) is 22.1. The number of methoxy groups -OCH3 is 3. The summed E-state index contributed by atoms with van der Waals surface area (Å²) in [5.41, 5.74) is 2.12. The van der Waals surface area contributed by atoms with Crippen LogP contribution in [0.5, 0.6) is 17.2 Å². The van der Waals surface area contributed by atoms with E-state index in [9.17, 15) is 13.2 Å². The van der Waals surface area contributed by atoms with Crippen molar-refractivity contribution in [2.45, 2.75) is 37.9 Å². The van der Waals surface area contributed by atoms with Crippen LogP contribution in [0, 0.1) is 0 Å². The molecule has 1 aliphatic rings. The highest BCUT2D eigenvalue weighted by Crippen LogP contribution is 2.32. The third kappa shape index (κ3) is 5.80. The van der Waals surface area contributed by atoms with Gasteiger partial charge in [0.1, 0.15) is 22.8 Å². The van der Waals surface area contributed by atoms with Crippen LogP contribution in [0.1, 0.15) is 36.6 Å². The molecule has 39 heavy (non-hydrogen) atoms. The van der Waals surface area contributed by atoms with Crippen LogP contribution in [0.4, 0.5) is 19.1 Å². The number of anilines is 1. The number of ether oxygens (including phenoxy) is 3. The molecule has 0 spiro atoms. The lowest BCUT2D eigenvalue weighted by Crippen LogP contribution is -2.37. The van der Waals surface area contributed by atoms with E-state index < -0.39 is 12.6 Å². The highest BCUT2D eigenvalue weighted by Gasteiger charge is 2.31. The number of benzene rings is 2. The third-order valence-electron chi connectivity index (χ3n) is 7.02. The molecule has 5 rings (SSSR count). The summed E-state index contributed by atoms with van der Waals surface area (Å²) in [5, 5.41) is 8.94. The number of rotatable bonds is 9. The smallest absolute Gasteiger partial charge is 0.390 e. The molecule has 2 aromatic heterocycles. The van der Waals surface area contributed by atoms with Crippen molar-refractivity contribution in [2.75, 3.05) is 46.3 Å². The maximum absolute atomic E-state index is 12.8. The molecule has 1 fully saturated rings. The number of fused-ring (bicyclic) bond motifs is 3. The van der Waals surface area contributed by atoms with Gasteiger partial charge in [0.2, 0.25) is 5.95 Å². The Labute approximate surface area is 223 Å². The molecule has 1 saturated heterocycles. The van der Waals surface area contributed by atoms with Gasteiger partial charge in [-0.1, -0.05) is 6.07 Å². The molecule has 9 nitrogen and oxygen atoms in total. The van der Waals surface area contributed by atoms with Gasteiger partial charge in [-0.2, -0.15) is 17.7 Å². The largest absolute Gasteiger partial charge is 0.497 e. The Morgan fingerprint density at radius 1 is 1.03 bits per heavy atom. The van der Waals surface area contributed by atoms with Gasteiger partial charge in [-0.25, -0.2) is 9.97 Å². The molecule has 12 heteroatoms. The van der Waals surface area contributed by atoms with E-state index in [0.29, 0.717) is 59.8 Å². The number of piperidine rings is 1. The second-order valence-electron chi connectivity index (χ2n) is 9.53. The van der Waals surface area contributed by atoms with Gasteiger partial charge >= 0.3 is 6.18 Å². The summed E-state index contributed by atoms with van der Waals surface area (Å²) in [7, 11) is 4.78. The van der Waals surface area contributed by atoms with Gasteiger partial charge in [-0.15, -0.1) is 5.10 Å². The average Bonchev–Trinajstić information content (AvgIpc) is 3.40. The van der Waals surface area contributed by atoms with E-state index in [-0.39, 0.29) is 12.5 Å². The van der Waals surface area contributed by atoms with E-state index >= 15 is 0 Å². The Morgan fingerprint density at radius 2 is 1.85 bits per heavy atom. The van der Waals surface area contributed by atoms with E-state index in [0.717, 1.165) is 23.8 Å². The number of alkyl halides is 3. The predicted molar refractivity (Wildman–Crippen MR) is 141 cm³/mol. The standard InChI is InChI=1S/C27H31F3N6O3/c1-37-19-10-9-17(22(14-19)39-3)15-31-26-32-23-20(7-4-8-21(23)38-2)25-33-24(34-36(25)26)18-6-5-12-35(16-18)13-11-27(28,29)30/h4,7-10,14,18H,5-6,11-13,15-16H2,1-3H3,(H,31,32)/t18-/m1/s1. The number of hydrogen-bond acceptors (Lipinski definition) is 8. The van der Waals surface area contributed by atoms with Crippen LogP contribution in [0.3, 0.4) is 0 Å². The first kappa shape index (κ1) is 26.8. The molecule has 0 saturated carbocycles. The first-order valence-corrected chi connectivity index (χ1v) is 12.8. The Bertz CT molecular complexity index is 1460. The van der Waals surface area contributed by atoms with Crippen molar-refractivity contribution in [1.29, 1.82) is 0 Å². The van der Waals surface area contributed by atoms with E-state index in [4.69, 9.17) is 29.3 Å².